The van der Waals surface area contributed by atoms with Crippen LogP contribution in [0.4, 0.5) is 0 Å². The second kappa shape index (κ2) is 4.96. The zero-order valence-corrected chi connectivity index (χ0v) is 12.6. The van der Waals surface area contributed by atoms with E-state index >= 15 is 0 Å². The van der Waals surface area contributed by atoms with E-state index in [0.29, 0.717) is 18.3 Å². The summed E-state index contributed by atoms with van der Waals surface area (Å²) in [6.45, 7) is 4.58. The standard InChI is InChI=1S/C17H24O3/c1-11-6-12(2)9-17(8-11)10-15(18)14-7-13(19-3)4-5-16(14)20-17/h4-5,7,11-12,15,18H,6,8-10H2,1-3H3/t11?,12?,15-,17?/m1/s1. The van der Waals surface area contributed by atoms with Crippen LogP contribution in [0.3, 0.4) is 0 Å². The Balaban J connectivity index is 1.92. The number of aliphatic hydroxyl groups excluding tert-OH is 1. The van der Waals surface area contributed by atoms with Crippen LogP contribution in [0.25, 0.3) is 0 Å². The minimum Gasteiger partial charge on any atom is -0.497 e. The summed E-state index contributed by atoms with van der Waals surface area (Å²) in [7, 11) is 1.64. The fraction of sp³-hybridized carbons (Fsp3) is 0.647. The van der Waals surface area contributed by atoms with Gasteiger partial charge in [0.15, 0.2) is 0 Å². The maximum atomic E-state index is 10.5. The van der Waals surface area contributed by atoms with Crippen molar-refractivity contribution < 1.29 is 14.6 Å². The molecule has 2 aliphatic rings. The molecule has 1 heterocycles. The van der Waals surface area contributed by atoms with Crippen molar-refractivity contribution in [3.63, 3.8) is 0 Å². The van der Waals surface area contributed by atoms with Gasteiger partial charge < -0.3 is 14.6 Å². The summed E-state index contributed by atoms with van der Waals surface area (Å²) in [5.41, 5.74) is 0.679. The van der Waals surface area contributed by atoms with Gasteiger partial charge in [-0.2, -0.15) is 0 Å². The molecule has 20 heavy (non-hydrogen) atoms. The normalized spacial score (nSPS) is 36.3. The summed E-state index contributed by atoms with van der Waals surface area (Å²) < 4.78 is 11.6. The van der Waals surface area contributed by atoms with Gasteiger partial charge in [0, 0.05) is 12.0 Å². The lowest BCUT2D eigenvalue weighted by Crippen LogP contribution is -2.46. The Morgan fingerprint density at radius 1 is 1.20 bits per heavy atom. The first-order chi connectivity index (χ1) is 9.51. The van der Waals surface area contributed by atoms with E-state index in [1.165, 1.54) is 6.42 Å². The highest BCUT2D eigenvalue weighted by Crippen LogP contribution is 2.49. The van der Waals surface area contributed by atoms with E-state index < -0.39 is 6.10 Å². The minimum atomic E-state index is -0.452. The molecule has 1 aromatic rings. The predicted octanol–water partition coefficient (Wildman–Crippen LogP) is 3.71. The molecule has 1 aromatic carbocycles. The first-order valence-corrected chi connectivity index (χ1v) is 7.56. The lowest BCUT2D eigenvalue weighted by Gasteiger charge is -2.47. The van der Waals surface area contributed by atoms with Gasteiger partial charge >= 0.3 is 0 Å². The van der Waals surface area contributed by atoms with Crippen molar-refractivity contribution in [2.24, 2.45) is 11.8 Å². The lowest BCUT2D eigenvalue weighted by molar-refractivity contribution is -0.0624. The molecule has 3 heteroatoms. The number of hydrogen-bond donors (Lipinski definition) is 1. The largest absolute Gasteiger partial charge is 0.497 e. The predicted molar refractivity (Wildman–Crippen MR) is 78.1 cm³/mol. The Morgan fingerprint density at radius 3 is 2.55 bits per heavy atom. The van der Waals surface area contributed by atoms with E-state index in [1.807, 2.05) is 18.2 Å². The third kappa shape index (κ3) is 2.39. The summed E-state index contributed by atoms with van der Waals surface area (Å²) >= 11 is 0. The van der Waals surface area contributed by atoms with Gasteiger partial charge in [0.2, 0.25) is 0 Å². The molecule has 110 valence electrons. The molecule has 3 nitrogen and oxygen atoms in total. The van der Waals surface area contributed by atoms with E-state index in [9.17, 15) is 5.11 Å². The van der Waals surface area contributed by atoms with Crippen LogP contribution < -0.4 is 9.47 Å². The van der Waals surface area contributed by atoms with Crippen molar-refractivity contribution in [2.45, 2.75) is 51.2 Å². The average molecular weight is 276 g/mol. The second-order valence-electron chi connectivity index (χ2n) is 6.76. The molecule has 0 aromatic heterocycles. The van der Waals surface area contributed by atoms with E-state index in [0.717, 1.165) is 29.9 Å². The average Bonchev–Trinajstić information content (AvgIpc) is 2.36. The van der Waals surface area contributed by atoms with Crippen molar-refractivity contribution in [3.05, 3.63) is 23.8 Å². The van der Waals surface area contributed by atoms with Crippen molar-refractivity contribution in [1.29, 1.82) is 0 Å². The van der Waals surface area contributed by atoms with Gasteiger partial charge in [0.25, 0.3) is 0 Å². The Bertz CT molecular complexity index is 487. The van der Waals surface area contributed by atoms with Crippen LogP contribution in [0, 0.1) is 11.8 Å². The minimum absolute atomic E-state index is 0.182. The van der Waals surface area contributed by atoms with E-state index in [2.05, 4.69) is 13.8 Å². The van der Waals surface area contributed by atoms with Gasteiger partial charge in [-0.05, 0) is 49.3 Å². The van der Waals surface area contributed by atoms with Crippen LogP contribution >= 0.6 is 0 Å². The van der Waals surface area contributed by atoms with Crippen LogP contribution in [0.15, 0.2) is 18.2 Å². The molecular weight excluding hydrogens is 252 g/mol. The number of hydrogen-bond acceptors (Lipinski definition) is 3. The maximum Gasteiger partial charge on any atom is 0.126 e. The number of benzene rings is 1. The van der Waals surface area contributed by atoms with Crippen LogP contribution in [0.1, 0.15) is 51.2 Å². The van der Waals surface area contributed by atoms with Gasteiger partial charge in [-0.15, -0.1) is 0 Å². The summed E-state index contributed by atoms with van der Waals surface area (Å²) in [5, 5.41) is 10.5. The highest BCUT2D eigenvalue weighted by atomic mass is 16.5. The number of methoxy groups -OCH3 is 1. The quantitative estimate of drug-likeness (QED) is 0.850. The number of ether oxygens (including phenoxy) is 2. The summed E-state index contributed by atoms with van der Waals surface area (Å²) in [4.78, 5) is 0. The third-order valence-corrected chi connectivity index (χ3v) is 4.71. The molecule has 1 aliphatic heterocycles. The monoisotopic (exact) mass is 276 g/mol. The number of rotatable bonds is 1. The molecule has 0 amide bonds. The van der Waals surface area contributed by atoms with Gasteiger partial charge in [-0.3, -0.25) is 0 Å². The molecule has 2 unspecified atom stereocenters. The molecule has 0 saturated heterocycles. The van der Waals surface area contributed by atoms with Crippen LogP contribution in [0.2, 0.25) is 0 Å². The first kappa shape index (κ1) is 13.7. The molecule has 3 atom stereocenters. The molecule has 1 fully saturated rings. The van der Waals surface area contributed by atoms with Crippen molar-refractivity contribution in [1.82, 2.24) is 0 Å². The lowest BCUT2D eigenvalue weighted by atomic mass is 9.70. The van der Waals surface area contributed by atoms with Gasteiger partial charge in [0.05, 0.1) is 13.2 Å². The SMILES string of the molecule is COc1ccc2c(c1)[C@H](O)CC1(CC(C)CC(C)C1)O2. The van der Waals surface area contributed by atoms with Crippen molar-refractivity contribution in [2.75, 3.05) is 7.11 Å². The number of aliphatic hydroxyl groups is 1. The molecule has 1 aliphatic carbocycles. The molecule has 1 N–H and O–H groups in total. The van der Waals surface area contributed by atoms with E-state index in [-0.39, 0.29) is 5.60 Å². The van der Waals surface area contributed by atoms with Crippen molar-refractivity contribution >= 4 is 0 Å². The fourth-order valence-electron chi connectivity index (χ4n) is 4.20. The highest BCUT2D eigenvalue weighted by molar-refractivity contribution is 5.43. The summed E-state index contributed by atoms with van der Waals surface area (Å²) in [5.74, 6) is 2.91. The Kier molecular flexibility index (Phi) is 3.41. The van der Waals surface area contributed by atoms with Crippen molar-refractivity contribution in [3.8, 4) is 11.5 Å². The summed E-state index contributed by atoms with van der Waals surface area (Å²) in [6.07, 6.45) is 3.59. The van der Waals surface area contributed by atoms with Gasteiger partial charge in [-0.1, -0.05) is 13.8 Å². The molecule has 1 spiro atoms. The Morgan fingerprint density at radius 2 is 1.90 bits per heavy atom. The zero-order chi connectivity index (χ0) is 14.3. The molecule has 0 bridgehead atoms. The molecule has 3 rings (SSSR count). The third-order valence-electron chi connectivity index (χ3n) is 4.71. The smallest absolute Gasteiger partial charge is 0.126 e. The Labute approximate surface area is 120 Å². The van der Waals surface area contributed by atoms with E-state index in [4.69, 9.17) is 9.47 Å². The molecular formula is C17H24O3. The maximum absolute atomic E-state index is 10.5. The highest BCUT2D eigenvalue weighted by Gasteiger charge is 2.45. The first-order valence-electron chi connectivity index (χ1n) is 7.56. The van der Waals surface area contributed by atoms with Gasteiger partial charge in [-0.25, -0.2) is 0 Å². The van der Waals surface area contributed by atoms with Crippen LogP contribution in [0.5, 0.6) is 11.5 Å². The van der Waals surface area contributed by atoms with E-state index in [1.54, 1.807) is 7.11 Å². The Hall–Kier alpha value is -1.22. The topological polar surface area (TPSA) is 38.7 Å². The molecule has 1 saturated carbocycles. The summed E-state index contributed by atoms with van der Waals surface area (Å²) in [6, 6.07) is 5.73. The number of fused-ring (bicyclic) bond motifs is 1. The zero-order valence-electron chi connectivity index (χ0n) is 12.6. The molecule has 0 radical (unpaired) electrons. The fourth-order valence-corrected chi connectivity index (χ4v) is 4.20. The second-order valence-corrected chi connectivity index (χ2v) is 6.76. The van der Waals surface area contributed by atoms with Crippen LogP contribution in [-0.4, -0.2) is 17.8 Å². The van der Waals surface area contributed by atoms with Crippen LogP contribution in [-0.2, 0) is 0 Å². The van der Waals surface area contributed by atoms with Gasteiger partial charge in [0.1, 0.15) is 17.1 Å².